The molecule has 1 amide bonds. The van der Waals surface area contributed by atoms with E-state index in [1.165, 1.54) is 0 Å². The molecule has 1 aromatic heterocycles. The number of halogens is 1. The topological polar surface area (TPSA) is 55.6 Å². The van der Waals surface area contributed by atoms with Crippen LogP contribution in [-0.4, -0.2) is 12.1 Å². The summed E-state index contributed by atoms with van der Waals surface area (Å²) in [6, 6.07) is 10.9. The number of hydrazone groups is 1. The van der Waals surface area contributed by atoms with Crippen LogP contribution in [0.1, 0.15) is 11.1 Å². The number of nitrogens with one attached hydrogen (secondary N) is 2. The molecule has 0 bridgehead atoms. The van der Waals surface area contributed by atoms with Crippen molar-refractivity contribution in [2.75, 3.05) is 0 Å². The van der Waals surface area contributed by atoms with Gasteiger partial charge in [-0.2, -0.15) is 5.10 Å². The Kier molecular flexibility index (Phi) is 4.64. The summed E-state index contributed by atoms with van der Waals surface area (Å²) in [5.74, 6) is -0.169. The summed E-state index contributed by atoms with van der Waals surface area (Å²) < 4.78 is 0. The Morgan fingerprint density at radius 3 is 3.00 bits per heavy atom. The van der Waals surface area contributed by atoms with Crippen LogP contribution in [0, 0.1) is 0 Å². The van der Waals surface area contributed by atoms with Crippen LogP contribution in [0.15, 0.2) is 53.9 Å². The van der Waals surface area contributed by atoms with Gasteiger partial charge >= 0.3 is 0 Å². The fourth-order valence-corrected chi connectivity index (χ4v) is 1.73. The summed E-state index contributed by atoms with van der Waals surface area (Å²) in [4.78, 5) is 14.5. The lowest BCUT2D eigenvalue weighted by Crippen LogP contribution is -2.20. The molecule has 1 heterocycles. The molecule has 0 spiro atoms. The Morgan fingerprint density at radius 1 is 1.37 bits per heavy atom. The highest BCUT2D eigenvalue weighted by atomic mass is 35.5. The number of hydrogen-bond donors (Lipinski definition) is 1. The molecule has 4 nitrogen and oxygen atoms in total. The molecule has 2 rings (SSSR count). The molecule has 1 aromatic carbocycles. The van der Waals surface area contributed by atoms with Gasteiger partial charge < -0.3 is 0 Å². The van der Waals surface area contributed by atoms with Crippen LogP contribution in [0.2, 0.25) is 5.02 Å². The number of H-pyrrole nitrogens is 1. The van der Waals surface area contributed by atoms with Crippen LogP contribution >= 0.6 is 11.6 Å². The fraction of sp³-hybridized carbons (Fsp3) is 0.0714. The zero-order valence-corrected chi connectivity index (χ0v) is 10.9. The Hall–Kier alpha value is -2.20. The summed E-state index contributed by atoms with van der Waals surface area (Å²) in [6.07, 6.45) is 5.41. The van der Waals surface area contributed by atoms with E-state index < -0.39 is 0 Å². The van der Waals surface area contributed by atoms with Gasteiger partial charge in [-0.15, -0.1) is 0 Å². The minimum Gasteiger partial charge on any atom is -0.273 e. The second-order valence-electron chi connectivity index (χ2n) is 3.94. The zero-order chi connectivity index (χ0) is 13.5. The second kappa shape index (κ2) is 6.66. The van der Waals surface area contributed by atoms with Crippen molar-refractivity contribution in [3.8, 4) is 0 Å². The molecule has 5 heteroatoms. The predicted molar refractivity (Wildman–Crippen MR) is 73.9 cm³/mol. The summed E-state index contributed by atoms with van der Waals surface area (Å²) in [5, 5.41) is 4.52. The van der Waals surface area contributed by atoms with Gasteiger partial charge in [0.1, 0.15) is 0 Å². The van der Waals surface area contributed by atoms with E-state index >= 15 is 0 Å². The fourth-order valence-electron chi connectivity index (χ4n) is 1.53. The van der Waals surface area contributed by atoms with Gasteiger partial charge in [-0.05, 0) is 23.8 Å². The van der Waals surface area contributed by atoms with Crippen LogP contribution in [0.5, 0.6) is 0 Å². The first-order valence-corrected chi connectivity index (χ1v) is 6.14. The molecule has 0 fully saturated rings. The highest BCUT2D eigenvalue weighted by molar-refractivity contribution is 6.30. The van der Waals surface area contributed by atoms with Gasteiger partial charge in [0.2, 0.25) is 5.91 Å². The first-order valence-electron chi connectivity index (χ1n) is 5.76. The molecular weight excluding hydrogens is 262 g/mol. The number of carbonyl (C=O) groups is 1. The van der Waals surface area contributed by atoms with E-state index in [0.29, 0.717) is 5.02 Å². The molecule has 0 unspecified atom stereocenters. The third-order valence-corrected chi connectivity index (χ3v) is 2.62. The van der Waals surface area contributed by atoms with Gasteiger partial charge in [0.15, 0.2) is 12.4 Å². The van der Waals surface area contributed by atoms with Crippen molar-refractivity contribution < 1.29 is 9.78 Å². The molecule has 0 aliphatic rings. The van der Waals surface area contributed by atoms with Crippen molar-refractivity contribution in [2.45, 2.75) is 6.42 Å². The quantitative estimate of drug-likeness (QED) is 0.671. The summed E-state index contributed by atoms with van der Waals surface area (Å²) in [5.41, 5.74) is 4.21. The van der Waals surface area contributed by atoms with E-state index in [4.69, 9.17) is 11.6 Å². The highest BCUT2D eigenvalue weighted by Gasteiger charge is 2.03. The van der Waals surface area contributed by atoms with Crippen LogP contribution < -0.4 is 10.4 Å². The van der Waals surface area contributed by atoms with Gasteiger partial charge in [-0.25, -0.2) is 10.4 Å². The second-order valence-corrected chi connectivity index (χ2v) is 4.37. The molecule has 0 atom stereocenters. The van der Waals surface area contributed by atoms with Crippen molar-refractivity contribution in [3.63, 3.8) is 0 Å². The monoisotopic (exact) mass is 274 g/mol. The molecule has 19 heavy (non-hydrogen) atoms. The number of hydrogen-bond acceptors (Lipinski definition) is 2. The number of pyridine rings is 1. The van der Waals surface area contributed by atoms with E-state index in [1.807, 2.05) is 24.3 Å². The third kappa shape index (κ3) is 4.52. The maximum Gasteiger partial charge on any atom is 0.244 e. The smallest absolute Gasteiger partial charge is 0.244 e. The number of nitrogens with zero attached hydrogens (tertiary/aromatic N) is 1. The predicted octanol–water partition coefficient (Wildman–Crippen LogP) is 1.85. The van der Waals surface area contributed by atoms with Gasteiger partial charge in [0.05, 0.1) is 12.6 Å². The minimum atomic E-state index is -0.169. The first kappa shape index (κ1) is 13.2. The number of aromatic amines is 1. The number of benzene rings is 1. The first-order chi connectivity index (χ1) is 9.24. The van der Waals surface area contributed by atoms with Crippen molar-refractivity contribution in [2.24, 2.45) is 5.10 Å². The molecule has 0 aliphatic carbocycles. The van der Waals surface area contributed by atoms with Crippen LogP contribution in [0.3, 0.4) is 0 Å². The number of rotatable bonds is 4. The Balaban J connectivity index is 1.87. The maximum absolute atomic E-state index is 11.6. The molecule has 0 saturated carbocycles. The molecule has 2 aromatic rings. The van der Waals surface area contributed by atoms with Crippen molar-refractivity contribution in [1.82, 2.24) is 5.43 Å². The van der Waals surface area contributed by atoms with E-state index in [1.54, 1.807) is 30.7 Å². The van der Waals surface area contributed by atoms with Crippen molar-refractivity contribution >= 4 is 23.7 Å². The van der Waals surface area contributed by atoms with Gasteiger partial charge in [-0.1, -0.05) is 23.7 Å². The Labute approximate surface area is 116 Å². The van der Waals surface area contributed by atoms with E-state index in [9.17, 15) is 4.79 Å². The van der Waals surface area contributed by atoms with Crippen LogP contribution in [0.4, 0.5) is 0 Å². The van der Waals surface area contributed by atoms with Crippen molar-refractivity contribution in [1.29, 1.82) is 0 Å². The molecule has 96 valence electrons. The summed E-state index contributed by atoms with van der Waals surface area (Å²) in [7, 11) is 0. The number of carbonyl (C=O) groups excluding carboxylic acids is 1. The zero-order valence-electron chi connectivity index (χ0n) is 10.1. The number of amides is 1. The Bertz CT molecular complexity index is 584. The van der Waals surface area contributed by atoms with Gasteiger partial charge in [-0.3, -0.25) is 4.79 Å². The van der Waals surface area contributed by atoms with Crippen LogP contribution in [-0.2, 0) is 11.2 Å². The van der Waals surface area contributed by atoms with Crippen molar-refractivity contribution in [3.05, 3.63) is 64.9 Å². The van der Waals surface area contributed by atoms with E-state index in [-0.39, 0.29) is 12.3 Å². The lowest BCUT2D eigenvalue weighted by molar-refractivity contribution is -0.378. The maximum atomic E-state index is 11.6. The lowest BCUT2D eigenvalue weighted by Gasteiger charge is -1.98. The normalized spacial score (nSPS) is 10.6. The SMILES string of the molecule is O=C(Cc1ccc[nH+]c1)NN=Cc1cccc(Cl)c1. The molecule has 2 N–H and O–H groups in total. The average Bonchev–Trinajstić information content (AvgIpc) is 2.40. The van der Waals surface area contributed by atoms with E-state index in [0.717, 1.165) is 11.1 Å². The third-order valence-electron chi connectivity index (χ3n) is 2.39. The lowest BCUT2D eigenvalue weighted by atomic mass is 10.2. The van der Waals surface area contributed by atoms with E-state index in [2.05, 4.69) is 15.5 Å². The molecule has 0 aliphatic heterocycles. The molecular formula is C14H13ClN3O+. The summed E-state index contributed by atoms with van der Waals surface area (Å²) >= 11 is 5.84. The van der Waals surface area contributed by atoms with Crippen LogP contribution in [0.25, 0.3) is 0 Å². The molecule has 0 saturated heterocycles. The Morgan fingerprint density at radius 2 is 2.26 bits per heavy atom. The summed E-state index contributed by atoms with van der Waals surface area (Å²) in [6.45, 7) is 0. The minimum absolute atomic E-state index is 0.169. The molecule has 0 radical (unpaired) electrons. The number of aromatic nitrogens is 1. The van der Waals surface area contributed by atoms with Gasteiger partial charge in [0, 0.05) is 16.7 Å². The largest absolute Gasteiger partial charge is 0.273 e. The standard InChI is InChI=1S/C14H12ClN3O/c15-13-5-1-3-11(7-13)10-17-18-14(19)8-12-4-2-6-16-9-12/h1-7,9-10H,8H2,(H,18,19)/p+1. The van der Waals surface area contributed by atoms with Gasteiger partial charge in [0.25, 0.3) is 0 Å². The average molecular weight is 275 g/mol. The highest BCUT2D eigenvalue weighted by Crippen LogP contribution is 2.08.